The zero-order valence-electron chi connectivity index (χ0n) is 14.4. The van der Waals surface area contributed by atoms with E-state index < -0.39 is 9.84 Å². The molecular weight excluding hydrogens is 330 g/mol. The lowest BCUT2D eigenvalue weighted by Crippen LogP contribution is -2.01. The number of aromatic nitrogens is 1. The predicted molar refractivity (Wildman–Crippen MR) is 102 cm³/mol. The SMILES string of the molecule is CCCc1cnc(-c2ccccc2)c(-c2ccccc2S(C)(=O)=O)c1. The van der Waals surface area contributed by atoms with E-state index in [-0.39, 0.29) is 0 Å². The van der Waals surface area contributed by atoms with Gasteiger partial charge in [0, 0.05) is 29.1 Å². The van der Waals surface area contributed by atoms with E-state index >= 15 is 0 Å². The lowest BCUT2D eigenvalue weighted by molar-refractivity contribution is 0.602. The fourth-order valence-electron chi connectivity index (χ4n) is 2.98. The van der Waals surface area contributed by atoms with Gasteiger partial charge in [-0.05, 0) is 24.1 Å². The molecule has 0 N–H and O–H groups in total. The van der Waals surface area contributed by atoms with Crippen molar-refractivity contribution >= 4 is 9.84 Å². The second-order valence-electron chi connectivity index (χ2n) is 6.12. The molecule has 2 aromatic carbocycles. The Balaban J connectivity index is 2.29. The number of nitrogens with zero attached hydrogens (tertiary/aromatic N) is 1. The maximum atomic E-state index is 12.3. The van der Waals surface area contributed by atoms with Gasteiger partial charge in [-0.15, -0.1) is 0 Å². The van der Waals surface area contributed by atoms with E-state index in [2.05, 4.69) is 18.0 Å². The fourth-order valence-corrected chi connectivity index (χ4v) is 3.88. The Hall–Kier alpha value is -2.46. The van der Waals surface area contributed by atoms with Crippen molar-refractivity contribution < 1.29 is 8.42 Å². The molecule has 25 heavy (non-hydrogen) atoms. The topological polar surface area (TPSA) is 47.0 Å². The monoisotopic (exact) mass is 351 g/mol. The summed E-state index contributed by atoms with van der Waals surface area (Å²) in [6.45, 7) is 2.12. The minimum Gasteiger partial charge on any atom is -0.255 e. The Kier molecular flexibility index (Phi) is 5.00. The Bertz CT molecular complexity index is 980. The van der Waals surface area contributed by atoms with Gasteiger partial charge in [0.25, 0.3) is 0 Å². The van der Waals surface area contributed by atoms with Crippen LogP contribution in [0.1, 0.15) is 18.9 Å². The van der Waals surface area contributed by atoms with E-state index in [0.717, 1.165) is 35.2 Å². The van der Waals surface area contributed by atoms with Gasteiger partial charge >= 0.3 is 0 Å². The summed E-state index contributed by atoms with van der Waals surface area (Å²) >= 11 is 0. The summed E-state index contributed by atoms with van der Waals surface area (Å²) in [5.74, 6) is 0. The van der Waals surface area contributed by atoms with Gasteiger partial charge < -0.3 is 0 Å². The van der Waals surface area contributed by atoms with E-state index in [1.165, 1.54) is 6.26 Å². The fraction of sp³-hybridized carbons (Fsp3) is 0.190. The highest BCUT2D eigenvalue weighted by Gasteiger charge is 2.18. The van der Waals surface area contributed by atoms with Crippen LogP contribution in [0.15, 0.2) is 71.8 Å². The normalized spacial score (nSPS) is 11.4. The molecule has 0 aliphatic carbocycles. The van der Waals surface area contributed by atoms with Gasteiger partial charge in [-0.3, -0.25) is 4.98 Å². The third-order valence-corrected chi connectivity index (χ3v) is 5.26. The summed E-state index contributed by atoms with van der Waals surface area (Å²) in [5.41, 5.74) is 4.45. The summed E-state index contributed by atoms with van der Waals surface area (Å²) in [4.78, 5) is 5.01. The minimum atomic E-state index is -3.33. The maximum Gasteiger partial charge on any atom is 0.176 e. The highest BCUT2D eigenvalue weighted by molar-refractivity contribution is 7.90. The molecule has 0 radical (unpaired) electrons. The van der Waals surface area contributed by atoms with Crippen LogP contribution in [-0.4, -0.2) is 19.7 Å². The standard InChI is InChI=1S/C21H21NO2S/c1-3-9-16-14-19(18-12-7-8-13-20(18)25(2,23)24)21(22-15-16)17-10-5-4-6-11-17/h4-8,10-15H,3,9H2,1-2H3. The quantitative estimate of drug-likeness (QED) is 0.665. The molecule has 0 atom stereocenters. The zero-order valence-corrected chi connectivity index (χ0v) is 15.3. The first kappa shape index (κ1) is 17.4. The minimum absolute atomic E-state index is 0.336. The Morgan fingerprint density at radius 3 is 2.28 bits per heavy atom. The summed E-state index contributed by atoms with van der Waals surface area (Å²) in [7, 11) is -3.33. The molecule has 4 heteroatoms. The van der Waals surface area contributed by atoms with Gasteiger partial charge in [-0.1, -0.05) is 61.9 Å². The molecule has 0 aliphatic heterocycles. The van der Waals surface area contributed by atoms with Gasteiger partial charge in [0.15, 0.2) is 9.84 Å². The smallest absolute Gasteiger partial charge is 0.176 e. The summed E-state index contributed by atoms with van der Waals surface area (Å²) < 4.78 is 24.5. The number of aryl methyl sites for hydroxylation is 1. The molecular formula is C21H21NO2S. The number of hydrogen-bond donors (Lipinski definition) is 0. The number of sulfone groups is 1. The number of pyridine rings is 1. The summed E-state index contributed by atoms with van der Waals surface area (Å²) in [6.07, 6.45) is 5.06. The molecule has 1 aromatic heterocycles. The van der Waals surface area contributed by atoms with Crippen LogP contribution >= 0.6 is 0 Å². The molecule has 0 bridgehead atoms. The Morgan fingerprint density at radius 1 is 0.920 bits per heavy atom. The van der Waals surface area contributed by atoms with Gasteiger partial charge in [0.1, 0.15) is 0 Å². The van der Waals surface area contributed by atoms with Crippen LogP contribution in [0.25, 0.3) is 22.4 Å². The highest BCUT2D eigenvalue weighted by atomic mass is 32.2. The second-order valence-corrected chi connectivity index (χ2v) is 8.11. The number of rotatable bonds is 5. The first-order chi connectivity index (χ1) is 12.0. The van der Waals surface area contributed by atoms with Crippen LogP contribution in [-0.2, 0) is 16.3 Å². The molecule has 0 saturated carbocycles. The van der Waals surface area contributed by atoms with E-state index in [1.807, 2.05) is 48.7 Å². The van der Waals surface area contributed by atoms with E-state index in [0.29, 0.717) is 10.5 Å². The first-order valence-corrected chi connectivity index (χ1v) is 10.2. The van der Waals surface area contributed by atoms with Gasteiger partial charge in [0.2, 0.25) is 0 Å². The molecule has 0 amide bonds. The predicted octanol–water partition coefficient (Wildman–Crippen LogP) is 4.77. The van der Waals surface area contributed by atoms with Crippen LogP contribution in [0, 0.1) is 0 Å². The van der Waals surface area contributed by atoms with Crippen molar-refractivity contribution in [3.63, 3.8) is 0 Å². The second kappa shape index (κ2) is 7.19. The summed E-state index contributed by atoms with van der Waals surface area (Å²) in [6, 6.07) is 19.1. The molecule has 0 fully saturated rings. The summed E-state index contributed by atoms with van der Waals surface area (Å²) in [5, 5.41) is 0. The van der Waals surface area contributed by atoms with Crippen LogP contribution in [0.5, 0.6) is 0 Å². The molecule has 3 nitrogen and oxygen atoms in total. The average Bonchev–Trinajstić information content (AvgIpc) is 2.62. The molecule has 0 aliphatic rings. The Morgan fingerprint density at radius 2 is 1.60 bits per heavy atom. The van der Waals surface area contributed by atoms with Crippen molar-refractivity contribution in [1.29, 1.82) is 0 Å². The average molecular weight is 351 g/mol. The third kappa shape index (κ3) is 3.80. The molecule has 0 unspecified atom stereocenters. The van der Waals surface area contributed by atoms with Crippen LogP contribution in [0.2, 0.25) is 0 Å². The van der Waals surface area contributed by atoms with Gasteiger partial charge in [-0.2, -0.15) is 0 Å². The van der Waals surface area contributed by atoms with E-state index in [4.69, 9.17) is 0 Å². The van der Waals surface area contributed by atoms with Gasteiger partial charge in [0.05, 0.1) is 10.6 Å². The third-order valence-electron chi connectivity index (χ3n) is 4.11. The molecule has 1 heterocycles. The van der Waals surface area contributed by atoms with Crippen molar-refractivity contribution in [2.45, 2.75) is 24.7 Å². The lowest BCUT2D eigenvalue weighted by Gasteiger charge is -2.14. The molecule has 3 rings (SSSR count). The lowest BCUT2D eigenvalue weighted by atomic mass is 9.97. The largest absolute Gasteiger partial charge is 0.255 e. The first-order valence-electron chi connectivity index (χ1n) is 8.34. The Labute approximate surface area is 149 Å². The number of hydrogen-bond acceptors (Lipinski definition) is 3. The maximum absolute atomic E-state index is 12.3. The van der Waals surface area contributed by atoms with E-state index in [9.17, 15) is 8.42 Å². The van der Waals surface area contributed by atoms with Crippen molar-refractivity contribution in [3.05, 3.63) is 72.4 Å². The van der Waals surface area contributed by atoms with Crippen molar-refractivity contribution in [3.8, 4) is 22.4 Å². The highest BCUT2D eigenvalue weighted by Crippen LogP contribution is 2.35. The van der Waals surface area contributed by atoms with Crippen LogP contribution < -0.4 is 0 Å². The van der Waals surface area contributed by atoms with E-state index in [1.54, 1.807) is 12.1 Å². The van der Waals surface area contributed by atoms with Crippen LogP contribution in [0.3, 0.4) is 0 Å². The van der Waals surface area contributed by atoms with Gasteiger partial charge in [-0.25, -0.2) is 8.42 Å². The molecule has 0 spiro atoms. The van der Waals surface area contributed by atoms with Crippen molar-refractivity contribution in [1.82, 2.24) is 4.98 Å². The zero-order chi connectivity index (χ0) is 17.9. The van der Waals surface area contributed by atoms with Crippen molar-refractivity contribution in [2.75, 3.05) is 6.26 Å². The molecule has 0 saturated heterocycles. The van der Waals surface area contributed by atoms with Crippen LogP contribution in [0.4, 0.5) is 0 Å². The molecule has 128 valence electrons. The molecule has 3 aromatic rings. The number of benzene rings is 2. The van der Waals surface area contributed by atoms with Crippen molar-refractivity contribution in [2.24, 2.45) is 0 Å².